The summed E-state index contributed by atoms with van der Waals surface area (Å²) < 4.78 is 101. The van der Waals surface area contributed by atoms with Gasteiger partial charge in [-0.3, -0.25) is 9.69 Å². The highest BCUT2D eigenvalue weighted by atomic mass is 35.5. The van der Waals surface area contributed by atoms with Crippen molar-refractivity contribution in [1.29, 1.82) is 0 Å². The summed E-state index contributed by atoms with van der Waals surface area (Å²) in [4.78, 5) is 35.4. The molecule has 4 rings (SSSR count). The maximum absolute atomic E-state index is 12.6. The first-order valence-corrected chi connectivity index (χ1v) is 12.1. The number of pyridine rings is 1. The summed E-state index contributed by atoms with van der Waals surface area (Å²) in [7, 11) is 0. The van der Waals surface area contributed by atoms with E-state index in [0.29, 0.717) is 0 Å². The third-order valence-electron chi connectivity index (χ3n) is 6.36. The average Bonchev–Trinajstić information content (AvgIpc) is 3.50. The lowest BCUT2D eigenvalue weighted by atomic mass is 9.86. The monoisotopic (exact) mass is 637 g/mol. The fourth-order valence-electron chi connectivity index (χ4n) is 4.38. The van der Waals surface area contributed by atoms with Gasteiger partial charge in [0.1, 0.15) is 17.6 Å². The van der Waals surface area contributed by atoms with Gasteiger partial charge >= 0.3 is 18.5 Å². The van der Waals surface area contributed by atoms with Crippen LogP contribution in [0, 0.1) is 5.41 Å². The fourth-order valence-corrected chi connectivity index (χ4v) is 4.51. The smallest absolute Gasteiger partial charge is 0.455 e. The van der Waals surface area contributed by atoms with Crippen molar-refractivity contribution >= 4 is 40.8 Å². The molecule has 0 radical (unpaired) electrons. The molecule has 0 aliphatic carbocycles. The van der Waals surface area contributed by atoms with Crippen molar-refractivity contribution in [3.05, 3.63) is 53.2 Å². The molecule has 42 heavy (non-hydrogen) atoms. The molecule has 3 heterocycles. The van der Waals surface area contributed by atoms with Crippen LogP contribution in [0.1, 0.15) is 23.2 Å². The Bertz CT molecular complexity index is 1230. The van der Waals surface area contributed by atoms with Crippen molar-refractivity contribution in [3.8, 4) is 0 Å². The van der Waals surface area contributed by atoms with E-state index in [2.05, 4.69) is 22.0 Å². The molecule has 1 aromatic carbocycles. The number of nitrogens with zero attached hydrogens (tertiary/aromatic N) is 1. The number of anilines is 1. The molecule has 0 saturated carbocycles. The predicted octanol–water partition coefficient (Wildman–Crippen LogP) is 1.31. The number of aromatic nitrogens is 1. The molecule has 0 amide bonds. The number of hydrogen-bond donors (Lipinski definition) is 1. The molecule has 2 aliphatic rings. The van der Waals surface area contributed by atoms with E-state index < -0.39 is 36.3 Å². The number of carbonyl (C=O) groups is 3. The van der Waals surface area contributed by atoms with Crippen LogP contribution in [0.4, 0.5) is 51.0 Å². The van der Waals surface area contributed by atoms with Crippen molar-refractivity contribution < 1.29 is 74.0 Å². The number of hydrogen-bond acceptors (Lipinski definition) is 6. The molecule has 232 valence electrons. The van der Waals surface area contributed by atoms with Gasteiger partial charge in [-0.15, -0.1) is 0 Å². The molecule has 0 bridgehead atoms. The Morgan fingerprint density at radius 1 is 0.833 bits per heavy atom. The Hall–Kier alpha value is -3.60. The van der Waals surface area contributed by atoms with Gasteiger partial charge in [-0.1, -0.05) is 11.6 Å². The molecule has 2 unspecified atom stereocenters. The van der Waals surface area contributed by atoms with Gasteiger partial charge in [0, 0.05) is 29.6 Å². The van der Waals surface area contributed by atoms with Crippen LogP contribution in [0.2, 0.25) is 5.02 Å². The lowest BCUT2D eigenvalue weighted by Gasteiger charge is -2.19. The lowest BCUT2D eigenvalue weighted by molar-refractivity contribution is -0.822. The van der Waals surface area contributed by atoms with Gasteiger partial charge in [-0.25, -0.2) is 4.98 Å². The highest BCUT2D eigenvalue weighted by molar-refractivity contribution is 6.30. The molecule has 2 fully saturated rings. The first-order valence-electron chi connectivity index (χ1n) is 11.7. The number of H-pyrrole nitrogens is 1. The van der Waals surface area contributed by atoms with Gasteiger partial charge in [0.2, 0.25) is 0 Å². The van der Waals surface area contributed by atoms with Crippen LogP contribution in [-0.2, 0) is 9.59 Å². The van der Waals surface area contributed by atoms with Crippen LogP contribution in [0.15, 0.2) is 42.6 Å². The molecular formula is C24H21ClF9N3O5. The topological polar surface area (TPSA) is 119 Å². The second-order valence-electron chi connectivity index (χ2n) is 9.32. The molecule has 2 N–H and O–H groups in total. The molecule has 8 nitrogen and oxygen atoms in total. The third kappa shape index (κ3) is 9.75. The van der Waals surface area contributed by atoms with E-state index in [0.717, 1.165) is 56.1 Å². The predicted molar refractivity (Wildman–Crippen MR) is 121 cm³/mol. The number of halogens is 10. The summed E-state index contributed by atoms with van der Waals surface area (Å²) in [5, 5.41) is 18.3. The molecule has 2 aliphatic heterocycles. The van der Waals surface area contributed by atoms with Gasteiger partial charge in [0.15, 0.2) is 0 Å². The first-order chi connectivity index (χ1) is 19.1. The highest BCUT2D eigenvalue weighted by Gasteiger charge is 2.50. The Labute approximate surface area is 236 Å². The summed E-state index contributed by atoms with van der Waals surface area (Å²) in [6.45, 7) is 3.78. The second kappa shape index (κ2) is 13.1. The number of aliphatic carboxylic acids is 2. The Morgan fingerprint density at radius 2 is 1.36 bits per heavy atom. The number of ketones is 1. The minimum Gasteiger partial charge on any atom is -0.542 e. The number of Topliss-reactive ketones (excluding diaryl/α,β-unsaturated/α-hetero) is 1. The van der Waals surface area contributed by atoms with Gasteiger partial charge in [-0.05, 0) is 24.6 Å². The zero-order chi connectivity index (χ0) is 32.1. The average molecular weight is 638 g/mol. The summed E-state index contributed by atoms with van der Waals surface area (Å²) in [6, 6.07) is 10.8. The quantitative estimate of drug-likeness (QED) is 0.401. The first kappa shape index (κ1) is 34.6. The zero-order valence-electron chi connectivity index (χ0n) is 21.1. The normalized spacial score (nSPS) is 20.3. The van der Waals surface area contributed by atoms with Gasteiger partial charge in [-0.2, -0.15) is 39.5 Å². The van der Waals surface area contributed by atoms with Crippen LogP contribution in [0.5, 0.6) is 0 Å². The molecule has 2 atom stereocenters. The van der Waals surface area contributed by atoms with Crippen molar-refractivity contribution in [2.75, 3.05) is 31.1 Å². The van der Waals surface area contributed by atoms with E-state index in [1.165, 1.54) is 16.7 Å². The third-order valence-corrected chi connectivity index (χ3v) is 6.61. The number of rotatable bonds is 3. The zero-order valence-corrected chi connectivity index (χ0v) is 21.8. The summed E-state index contributed by atoms with van der Waals surface area (Å²) >= 11 is 5.98. The van der Waals surface area contributed by atoms with E-state index in [1.54, 1.807) is 6.07 Å². The van der Waals surface area contributed by atoms with Crippen molar-refractivity contribution in [3.63, 3.8) is 0 Å². The summed E-state index contributed by atoms with van der Waals surface area (Å²) in [5.74, 6) is -7.10. The largest absolute Gasteiger partial charge is 0.542 e. The van der Waals surface area contributed by atoms with Crippen LogP contribution < -0.4 is 25.0 Å². The van der Waals surface area contributed by atoms with Crippen LogP contribution in [-0.4, -0.2) is 62.4 Å². The van der Waals surface area contributed by atoms with Gasteiger partial charge in [0.25, 0.3) is 11.6 Å². The second-order valence-corrected chi connectivity index (χ2v) is 9.76. The molecule has 2 saturated heterocycles. The van der Waals surface area contributed by atoms with E-state index in [1.807, 2.05) is 12.1 Å². The molecule has 2 aromatic rings. The number of aromatic amines is 1. The Morgan fingerprint density at radius 3 is 1.79 bits per heavy atom. The molecule has 1 aromatic heterocycles. The van der Waals surface area contributed by atoms with Crippen LogP contribution in [0.25, 0.3) is 0 Å². The van der Waals surface area contributed by atoms with Crippen LogP contribution >= 0.6 is 11.6 Å². The maximum atomic E-state index is 12.6. The van der Waals surface area contributed by atoms with Crippen LogP contribution in [0.3, 0.4) is 0 Å². The molecule has 1 spiro atoms. The highest BCUT2D eigenvalue weighted by Crippen LogP contribution is 2.36. The number of carboxylic acid groups (broad SMARTS) is 2. The number of carbonyl (C=O) groups excluding carboxylic acids is 3. The number of nitrogens with one attached hydrogen (secondary N) is 2. The van der Waals surface area contributed by atoms with E-state index in [9.17, 15) is 44.3 Å². The van der Waals surface area contributed by atoms with E-state index in [-0.39, 0.29) is 11.0 Å². The van der Waals surface area contributed by atoms with Gasteiger partial charge in [0.05, 0.1) is 43.4 Å². The number of carboxylic acids is 2. The van der Waals surface area contributed by atoms with Crippen molar-refractivity contribution in [2.45, 2.75) is 31.4 Å². The molecule has 18 heteroatoms. The Kier molecular flexibility index (Phi) is 10.8. The van der Waals surface area contributed by atoms with Crippen molar-refractivity contribution in [2.24, 2.45) is 5.41 Å². The van der Waals surface area contributed by atoms with E-state index >= 15 is 0 Å². The van der Waals surface area contributed by atoms with Crippen molar-refractivity contribution in [1.82, 2.24) is 0 Å². The number of quaternary nitrogens is 1. The minimum atomic E-state index is -5.19. The lowest BCUT2D eigenvalue weighted by Crippen LogP contribution is -3.05. The minimum absolute atomic E-state index is 0.198. The summed E-state index contributed by atoms with van der Waals surface area (Å²) in [6.07, 6.45) is -12.0. The number of benzene rings is 1. The standard InChI is InChI=1S/C20H19ClF3N3O.2C2HF3O2/c21-15-2-4-16(5-3-15)26-9-7-19(12-26)8-10-27(13-19)17-6-1-14(11-25-17)18(28)20(22,23)24;2*3-2(4,5)1(6)7/h1-6,11H,7-10,12-13H2;2*(H,6,7). The van der Waals surface area contributed by atoms with Gasteiger partial charge < -0.3 is 24.7 Å². The van der Waals surface area contributed by atoms with E-state index in [4.69, 9.17) is 31.4 Å². The maximum Gasteiger partial charge on any atom is 0.455 e. The SMILES string of the molecule is O=C([O-])C(F)(F)F.O=C([O-])C(F)(F)F.O=C(c1ccc(N2CCC3(CC[NH+](c4ccc(Cl)cc4)C3)C2)[nH+]c1)C(F)(F)F. The number of alkyl halides is 9. The Balaban J connectivity index is 0.000000367. The summed E-state index contributed by atoms with van der Waals surface area (Å²) in [5.41, 5.74) is 1.06. The molecular weight excluding hydrogens is 617 g/mol. The fraction of sp³-hybridized carbons (Fsp3) is 0.417.